The van der Waals surface area contributed by atoms with Crippen molar-refractivity contribution < 1.29 is 9.53 Å². The van der Waals surface area contributed by atoms with E-state index in [1.165, 1.54) is 4.88 Å². The summed E-state index contributed by atoms with van der Waals surface area (Å²) in [6.45, 7) is 10.5. The number of amides is 1. The molecule has 1 fully saturated rings. The van der Waals surface area contributed by atoms with E-state index < -0.39 is 0 Å². The molecule has 1 aliphatic rings. The van der Waals surface area contributed by atoms with E-state index in [4.69, 9.17) is 4.74 Å². The Labute approximate surface area is 189 Å². The molecular formula is C19H34IN5O2S. The third-order valence-electron chi connectivity index (χ3n) is 4.51. The highest BCUT2D eigenvalue weighted by Gasteiger charge is 2.26. The van der Waals surface area contributed by atoms with Crippen molar-refractivity contribution in [1.82, 2.24) is 20.9 Å². The lowest BCUT2D eigenvalue weighted by Crippen LogP contribution is -2.48. The first kappa shape index (κ1) is 25.1. The third kappa shape index (κ3) is 8.22. The van der Waals surface area contributed by atoms with E-state index >= 15 is 0 Å². The number of hydrogen-bond acceptors (Lipinski definition) is 5. The van der Waals surface area contributed by atoms with Gasteiger partial charge in [0.25, 0.3) is 0 Å². The first-order chi connectivity index (χ1) is 13.0. The maximum absolute atomic E-state index is 11.6. The summed E-state index contributed by atoms with van der Waals surface area (Å²) in [4.78, 5) is 19.7. The van der Waals surface area contributed by atoms with E-state index in [1.807, 2.05) is 13.8 Å². The Morgan fingerprint density at radius 2 is 2.11 bits per heavy atom. The molecule has 0 aliphatic carbocycles. The van der Waals surface area contributed by atoms with Crippen LogP contribution >= 0.6 is 35.3 Å². The number of carbonyl (C=O) groups excluding carboxylic acids is 1. The molecule has 1 saturated heterocycles. The molecule has 2 heterocycles. The van der Waals surface area contributed by atoms with Gasteiger partial charge in [-0.15, -0.1) is 35.3 Å². The number of nitrogens with one attached hydrogen (secondary N) is 3. The monoisotopic (exact) mass is 523 g/mol. The molecule has 2 atom stereocenters. The highest BCUT2D eigenvalue weighted by atomic mass is 127. The average molecular weight is 523 g/mol. The van der Waals surface area contributed by atoms with Gasteiger partial charge in [-0.25, -0.2) is 0 Å². The van der Waals surface area contributed by atoms with E-state index in [1.54, 1.807) is 18.4 Å². The van der Waals surface area contributed by atoms with Gasteiger partial charge in [0.1, 0.15) is 0 Å². The largest absolute Gasteiger partial charge is 0.376 e. The molecular weight excluding hydrogens is 489 g/mol. The minimum absolute atomic E-state index is 0. The van der Waals surface area contributed by atoms with E-state index in [2.05, 4.69) is 50.3 Å². The smallest absolute Gasteiger partial charge is 0.222 e. The molecule has 160 valence electrons. The predicted molar refractivity (Wildman–Crippen MR) is 127 cm³/mol. The molecule has 0 spiro atoms. The number of nitrogens with zero attached hydrogens (tertiary/aromatic N) is 2. The van der Waals surface area contributed by atoms with Crippen LogP contribution in [0.2, 0.25) is 0 Å². The zero-order valence-electron chi connectivity index (χ0n) is 17.2. The minimum atomic E-state index is 0. The summed E-state index contributed by atoms with van der Waals surface area (Å²) < 4.78 is 5.69. The van der Waals surface area contributed by atoms with Crippen molar-refractivity contribution in [1.29, 1.82) is 0 Å². The molecule has 1 aromatic heterocycles. The highest BCUT2D eigenvalue weighted by molar-refractivity contribution is 14.0. The van der Waals surface area contributed by atoms with E-state index in [9.17, 15) is 4.79 Å². The maximum atomic E-state index is 11.6. The molecule has 7 nitrogen and oxygen atoms in total. The maximum Gasteiger partial charge on any atom is 0.222 e. The number of hydrogen-bond donors (Lipinski definition) is 3. The quantitative estimate of drug-likeness (QED) is 0.211. The van der Waals surface area contributed by atoms with Crippen LogP contribution in [-0.4, -0.2) is 69.2 Å². The molecule has 3 N–H and O–H groups in total. The predicted octanol–water partition coefficient (Wildman–Crippen LogP) is 2.07. The number of thiophene rings is 1. The van der Waals surface area contributed by atoms with E-state index in [-0.39, 0.29) is 47.9 Å². The second-order valence-electron chi connectivity index (χ2n) is 7.03. The molecule has 1 aliphatic heterocycles. The Kier molecular flexibility index (Phi) is 12.0. The number of aliphatic imine (C=N–C) groups is 1. The Balaban J connectivity index is 0.00000392. The number of halogens is 1. The van der Waals surface area contributed by atoms with Gasteiger partial charge in [0.2, 0.25) is 5.91 Å². The zero-order chi connectivity index (χ0) is 19.6. The van der Waals surface area contributed by atoms with Crippen LogP contribution in [0.4, 0.5) is 0 Å². The number of rotatable bonds is 8. The van der Waals surface area contributed by atoms with Gasteiger partial charge in [0.15, 0.2) is 5.96 Å². The molecule has 0 saturated carbocycles. The molecule has 0 aromatic carbocycles. The van der Waals surface area contributed by atoms with Gasteiger partial charge in [-0.05, 0) is 18.4 Å². The van der Waals surface area contributed by atoms with Crippen molar-refractivity contribution >= 4 is 47.2 Å². The summed E-state index contributed by atoms with van der Waals surface area (Å²) in [5.41, 5.74) is 0. The van der Waals surface area contributed by atoms with Crippen molar-refractivity contribution in [3.8, 4) is 0 Å². The summed E-state index contributed by atoms with van der Waals surface area (Å²) in [7, 11) is 1.76. The van der Waals surface area contributed by atoms with E-state index in [0.29, 0.717) is 13.1 Å². The Morgan fingerprint density at radius 3 is 2.71 bits per heavy atom. The van der Waals surface area contributed by atoms with Gasteiger partial charge in [0.05, 0.1) is 18.8 Å². The summed E-state index contributed by atoms with van der Waals surface area (Å²) in [6.07, 6.45) is 0.253. The molecule has 1 amide bonds. The summed E-state index contributed by atoms with van der Waals surface area (Å²) in [5.74, 6) is 0.820. The highest BCUT2D eigenvalue weighted by Crippen LogP contribution is 2.26. The molecule has 0 radical (unpaired) electrons. The molecule has 0 bridgehead atoms. The standard InChI is InChI=1S/C19H33N5O2S.HI/c1-14(2)18(25)21-7-8-22-19(20-4)23-12-16(17-6-5-11-27-17)24-9-10-26-15(3)13-24;/h5-6,11,14-16H,7-10,12-13H2,1-4H3,(H,21,25)(H2,20,22,23);1H. The van der Waals surface area contributed by atoms with E-state index in [0.717, 1.165) is 32.2 Å². The lowest BCUT2D eigenvalue weighted by atomic mass is 10.1. The van der Waals surface area contributed by atoms with Crippen molar-refractivity contribution in [2.24, 2.45) is 10.9 Å². The third-order valence-corrected chi connectivity index (χ3v) is 5.49. The number of morpholine rings is 1. The second kappa shape index (κ2) is 13.3. The number of guanidine groups is 1. The molecule has 28 heavy (non-hydrogen) atoms. The van der Waals surface area contributed by atoms with Crippen molar-refractivity contribution in [3.05, 3.63) is 22.4 Å². The average Bonchev–Trinajstić information content (AvgIpc) is 3.17. The van der Waals surface area contributed by atoms with Crippen LogP contribution in [0.15, 0.2) is 22.5 Å². The number of ether oxygens (including phenoxy) is 1. The lowest BCUT2D eigenvalue weighted by molar-refractivity contribution is -0.123. The molecule has 1 aromatic rings. The second-order valence-corrected chi connectivity index (χ2v) is 8.01. The van der Waals surface area contributed by atoms with Gasteiger partial charge in [0, 0.05) is 50.6 Å². The Morgan fingerprint density at radius 1 is 1.36 bits per heavy atom. The van der Waals surface area contributed by atoms with Gasteiger partial charge in [-0.2, -0.15) is 0 Å². The molecule has 2 unspecified atom stereocenters. The fourth-order valence-electron chi connectivity index (χ4n) is 3.00. The van der Waals surface area contributed by atoms with Crippen LogP contribution < -0.4 is 16.0 Å². The van der Waals surface area contributed by atoms with Crippen LogP contribution in [0.3, 0.4) is 0 Å². The number of carbonyl (C=O) groups is 1. The van der Waals surface area contributed by atoms with Crippen LogP contribution in [0, 0.1) is 5.92 Å². The first-order valence-corrected chi connectivity index (χ1v) is 10.5. The summed E-state index contributed by atoms with van der Waals surface area (Å²) in [5, 5.41) is 11.7. The fourth-order valence-corrected chi connectivity index (χ4v) is 3.86. The fraction of sp³-hybridized carbons (Fsp3) is 0.684. The normalized spacial score (nSPS) is 19.0. The SMILES string of the molecule is CN=C(NCCNC(=O)C(C)C)NCC(c1cccs1)N1CCOC(C)C1.I. The van der Waals surface area contributed by atoms with Crippen molar-refractivity contribution in [3.63, 3.8) is 0 Å². The first-order valence-electron chi connectivity index (χ1n) is 9.62. The van der Waals surface area contributed by atoms with Crippen molar-refractivity contribution in [2.45, 2.75) is 32.9 Å². The molecule has 2 rings (SSSR count). The summed E-state index contributed by atoms with van der Waals surface area (Å²) in [6, 6.07) is 4.58. The Hall–Kier alpha value is -0.910. The van der Waals surface area contributed by atoms with Crippen molar-refractivity contribution in [2.75, 3.05) is 46.4 Å². The van der Waals surface area contributed by atoms with Crippen LogP contribution in [0.5, 0.6) is 0 Å². The minimum Gasteiger partial charge on any atom is -0.376 e. The molecule has 9 heteroatoms. The van der Waals surface area contributed by atoms with Crippen LogP contribution in [0.1, 0.15) is 31.7 Å². The Bertz CT molecular complexity index is 597. The van der Waals surface area contributed by atoms with Gasteiger partial charge < -0.3 is 20.7 Å². The zero-order valence-corrected chi connectivity index (χ0v) is 20.4. The van der Waals surface area contributed by atoms with Gasteiger partial charge in [-0.1, -0.05) is 19.9 Å². The van der Waals surface area contributed by atoms with Crippen LogP contribution in [-0.2, 0) is 9.53 Å². The van der Waals surface area contributed by atoms with Gasteiger partial charge in [-0.3, -0.25) is 14.7 Å². The lowest BCUT2D eigenvalue weighted by Gasteiger charge is -2.37. The summed E-state index contributed by atoms with van der Waals surface area (Å²) >= 11 is 1.78. The van der Waals surface area contributed by atoms with Gasteiger partial charge >= 0.3 is 0 Å². The topological polar surface area (TPSA) is 78.0 Å². The van der Waals surface area contributed by atoms with Crippen LogP contribution in [0.25, 0.3) is 0 Å².